The molecule has 1 aliphatic heterocycles. The van der Waals surface area contributed by atoms with Crippen LogP contribution in [0.4, 0.5) is 16.2 Å². The molecule has 4 rings (SSSR count). The van der Waals surface area contributed by atoms with E-state index in [1.807, 2.05) is 12.1 Å². The van der Waals surface area contributed by atoms with Crippen LogP contribution in [-0.4, -0.2) is 59.0 Å². The van der Waals surface area contributed by atoms with Crippen LogP contribution in [0.5, 0.6) is 0 Å². The van der Waals surface area contributed by atoms with Gasteiger partial charge in [0.05, 0.1) is 11.2 Å². The Hall–Kier alpha value is -3.13. The van der Waals surface area contributed by atoms with Crippen molar-refractivity contribution in [1.29, 1.82) is 0 Å². The van der Waals surface area contributed by atoms with Crippen LogP contribution in [0.2, 0.25) is 0 Å². The number of pyridine rings is 1. The van der Waals surface area contributed by atoms with Crippen molar-refractivity contribution in [1.82, 2.24) is 19.9 Å². The van der Waals surface area contributed by atoms with Gasteiger partial charge in [-0.25, -0.2) is 14.4 Å². The Bertz CT molecular complexity index is 1020. The molecular formula is C20H21FN6O. The van der Waals surface area contributed by atoms with E-state index in [1.54, 1.807) is 12.1 Å². The summed E-state index contributed by atoms with van der Waals surface area (Å²) < 4.78 is 13.3. The van der Waals surface area contributed by atoms with Gasteiger partial charge in [0.2, 0.25) is 11.9 Å². The highest BCUT2D eigenvalue weighted by Crippen LogP contribution is 2.28. The fourth-order valence-corrected chi connectivity index (χ4v) is 3.23. The molecule has 7 nitrogen and oxygen atoms in total. The minimum atomic E-state index is -0.286. The van der Waals surface area contributed by atoms with Crippen molar-refractivity contribution in [3.8, 4) is 11.3 Å². The summed E-state index contributed by atoms with van der Waals surface area (Å²) in [6, 6.07) is 9.93. The lowest BCUT2D eigenvalue weighted by Gasteiger charge is -2.33. The van der Waals surface area contributed by atoms with E-state index >= 15 is 0 Å². The highest BCUT2D eigenvalue weighted by Gasteiger charge is 2.21. The van der Waals surface area contributed by atoms with Crippen molar-refractivity contribution in [2.45, 2.75) is 6.92 Å². The Labute approximate surface area is 162 Å². The number of carbonyl (C=O) groups excluding carboxylic acids is 1. The molecule has 144 valence electrons. The lowest BCUT2D eigenvalue weighted by Crippen LogP contribution is -2.45. The number of halogens is 1. The number of fused-ring (bicyclic) bond motifs is 1. The normalized spacial score (nSPS) is 15.0. The van der Waals surface area contributed by atoms with Crippen LogP contribution in [-0.2, 0) is 4.79 Å². The van der Waals surface area contributed by atoms with E-state index in [-0.39, 0.29) is 17.7 Å². The molecule has 8 heteroatoms. The summed E-state index contributed by atoms with van der Waals surface area (Å²) in [5.41, 5.74) is 2.86. The van der Waals surface area contributed by atoms with E-state index in [0.29, 0.717) is 16.9 Å². The lowest BCUT2D eigenvalue weighted by atomic mass is 10.1. The summed E-state index contributed by atoms with van der Waals surface area (Å²) in [5.74, 6) is 0.460. The van der Waals surface area contributed by atoms with Crippen LogP contribution in [0, 0.1) is 5.82 Å². The summed E-state index contributed by atoms with van der Waals surface area (Å²) in [5, 5.41) is 2.67. The molecule has 2 aromatic heterocycles. The summed E-state index contributed by atoms with van der Waals surface area (Å²) in [7, 11) is 2.09. The van der Waals surface area contributed by atoms with Crippen LogP contribution in [0.1, 0.15) is 6.92 Å². The maximum Gasteiger partial charge on any atom is 0.232 e. The van der Waals surface area contributed by atoms with Gasteiger partial charge in [0.25, 0.3) is 0 Å². The molecular weight excluding hydrogens is 359 g/mol. The number of aromatic nitrogens is 3. The first kappa shape index (κ1) is 18.2. The predicted molar refractivity (Wildman–Crippen MR) is 107 cm³/mol. The molecule has 0 spiro atoms. The average Bonchev–Trinajstić information content (AvgIpc) is 2.68. The monoisotopic (exact) mass is 380 g/mol. The van der Waals surface area contributed by atoms with Crippen LogP contribution < -0.4 is 10.2 Å². The molecule has 1 fully saturated rings. The van der Waals surface area contributed by atoms with E-state index in [1.165, 1.54) is 19.1 Å². The van der Waals surface area contributed by atoms with Gasteiger partial charge in [0, 0.05) is 38.7 Å². The van der Waals surface area contributed by atoms with Crippen molar-refractivity contribution in [3.05, 3.63) is 42.2 Å². The molecule has 1 amide bonds. The van der Waals surface area contributed by atoms with Crippen LogP contribution in [0.3, 0.4) is 0 Å². The van der Waals surface area contributed by atoms with Gasteiger partial charge in [-0.05, 0) is 43.4 Å². The van der Waals surface area contributed by atoms with E-state index < -0.39 is 0 Å². The van der Waals surface area contributed by atoms with E-state index in [2.05, 4.69) is 32.1 Å². The third kappa shape index (κ3) is 3.77. The van der Waals surface area contributed by atoms with Gasteiger partial charge >= 0.3 is 0 Å². The quantitative estimate of drug-likeness (QED) is 0.753. The van der Waals surface area contributed by atoms with E-state index in [4.69, 9.17) is 4.98 Å². The fraction of sp³-hybridized carbons (Fsp3) is 0.300. The standard InChI is InChI=1S/C20H21FN6O/c1-13(28)22-20-24-17-8-7-16(14-3-5-15(21)6-4-14)23-18(17)19(25-20)27-11-9-26(2)10-12-27/h3-8H,9-12H2,1-2H3,(H,22,24,25,28). The third-order valence-corrected chi connectivity index (χ3v) is 4.75. The highest BCUT2D eigenvalue weighted by molar-refractivity contribution is 5.92. The van der Waals surface area contributed by atoms with Crippen molar-refractivity contribution in [2.24, 2.45) is 0 Å². The number of likely N-dealkylation sites (N-methyl/N-ethyl adjacent to an activating group) is 1. The number of hydrogen-bond donors (Lipinski definition) is 1. The Morgan fingerprint density at radius 1 is 1.00 bits per heavy atom. The zero-order valence-electron chi connectivity index (χ0n) is 15.8. The highest BCUT2D eigenvalue weighted by atomic mass is 19.1. The zero-order valence-corrected chi connectivity index (χ0v) is 15.8. The molecule has 3 heterocycles. The molecule has 0 radical (unpaired) electrons. The van der Waals surface area contributed by atoms with Crippen LogP contribution in [0.25, 0.3) is 22.3 Å². The molecule has 0 saturated carbocycles. The first-order valence-corrected chi connectivity index (χ1v) is 9.15. The fourth-order valence-electron chi connectivity index (χ4n) is 3.23. The summed E-state index contributed by atoms with van der Waals surface area (Å²) in [6.07, 6.45) is 0. The first-order chi connectivity index (χ1) is 13.5. The van der Waals surface area contributed by atoms with Crippen LogP contribution in [0.15, 0.2) is 36.4 Å². The van der Waals surface area contributed by atoms with Gasteiger partial charge in [-0.1, -0.05) is 0 Å². The second kappa shape index (κ2) is 7.47. The minimum Gasteiger partial charge on any atom is -0.352 e. The topological polar surface area (TPSA) is 74.2 Å². The van der Waals surface area contributed by atoms with Gasteiger partial charge in [0.15, 0.2) is 5.82 Å². The molecule has 1 N–H and O–H groups in total. The molecule has 0 aliphatic carbocycles. The summed E-state index contributed by atoms with van der Waals surface area (Å²) >= 11 is 0. The Kier molecular flexibility index (Phi) is 4.87. The average molecular weight is 380 g/mol. The number of amides is 1. The van der Waals surface area contributed by atoms with E-state index in [9.17, 15) is 9.18 Å². The van der Waals surface area contributed by atoms with Crippen LogP contribution >= 0.6 is 0 Å². The number of nitrogens with zero attached hydrogens (tertiary/aromatic N) is 5. The maximum atomic E-state index is 13.3. The van der Waals surface area contributed by atoms with Crippen molar-refractivity contribution in [3.63, 3.8) is 0 Å². The Morgan fingerprint density at radius 3 is 2.39 bits per heavy atom. The molecule has 1 aromatic carbocycles. The van der Waals surface area contributed by atoms with Gasteiger partial charge < -0.3 is 9.80 Å². The molecule has 1 saturated heterocycles. The van der Waals surface area contributed by atoms with Gasteiger partial charge in [-0.2, -0.15) is 4.98 Å². The molecule has 3 aromatic rings. The van der Waals surface area contributed by atoms with Crippen molar-refractivity contribution < 1.29 is 9.18 Å². The molecule has 1 aliphatic rings. The molecule has 0 unspecified atom stereocenters. The number of anilines is 2. The number of rotatable bonds is 3. The smallest absolute Gasteiger partial charge is 0.232 e. The number of hydrogen-bond acceptors (Lipinski definition) is 6. The number of piperazine rings is 1. The Balaban J connectivity index is 1.82. The zero-order chi connectivity index (χ0) is 19.7. The van der Waals surface area contributed by atoms with Crippen molar-refractivity contribution >= 4 is 28.7 Å². The molecule has 0 bridgehead atoms. The third-order valence-electron chi connectivity index (χ3n) is 4.75. The first-order valence-electron chi connectivity index (χ1n) is 9.15. The second-order valence-corrected chi connectivity index (χ2v) is 6.91. The van der Waals surface area contributed by atoms with Crippen molar-refractivity contribution in [2.75, 3.05) is 43.4 Å². The summed E-state index contributed by atoms with van der Waals surface area (Å²) in [4.78, 5) is 29.7. The lowest BCUT2D eigenvalue weighted by molar-refractivity contribution is -0.114. The van der Waals surface area contributed by atoms with E-state index in [0.717, 1.165) is 37.4 Å². The maximum absolute atomic E-state index is 13.3. The van der Waals surface area contributed by atoms with Gasteiger partial charge in [0.1, 0.15) is 11.3 Å². The number of benzene rings is 1. The Morgan fingerprint density at radius 2 is 1.71 bits per heavy atom. The summed E-state index contributed by atoms with van der Waals surface area (Å²) in [6.45, 7) is 4.88. The SMILES string of the molecule is CC(=O)Nc1nc(N2CCN(C)CC2)c2nc(-c3ccc(F)cc3)ccc2n1. The minimum absolute atomic E-state index is 0.223. The largest absolute Gasteiger partial charge is 0.352 e. The molecule has 0 atom stereocenters. The van der Waals surface area contributed by atoms with Gasteiger partial charge in [-0.15, -0.1) is 0 Å². The number of carbonyl (C=O) groups is 1. The number of nitrogens with one attached hydrogen (secondary N) is 1. The molecule has 28 heavy (non-hydrogen) atoms. The second-order valence-electron chi connectivity index (χ2n) is 6.91. The predicted octanol–water partition coefficient (Wildman–Crippen LogP) is 2.54. The van der Waals surface area contributed by atoms with Gasteiger partial charge in [-0.3, -0.25) is 10.1 Å².